The molecular weight excluding hydrogens is 560 g/mol. The van der Waals surface area contributed by atoms with Crippen molar-refractivity contribution in [3.8, 4) is 0 Å². The molecule has 0 fully saturated rings. The number of hydrogen-bond acceptors (Lipinski definition) is 2. The molecule has 0 aromatic heterocycles. The first-order chi connectivity index (χ1) is 22.7. The molecule has 0 aromatic rings. The highest BCUT2D eigenvalue weighted by Gasteiger charge is 2.13. The number of ether oxygens (including phenoxy) is 1. The molecule has 0 aliphatic rings. The summed E-state index contributed by atoms with van der Waals surface area (Å²) < 4.78 is 5.55. The van der Waals surface area contributed by atoms with Gasteiger partial charge in [-0.1, -0.05) is 226 Å². The largest absolute Gasteiger partial charge is 0.465 e. The summed E-state index contributed by atoms with van der Waals surface area (Å²) in [5, 5.41) is 0. The van der Waals surface area contributed by atoms with Gasteiger partial charge in [0.05, 0.1) is 12.5 Å². The van der Waals surface area contributed by atoms with Crippen LogP contribution in [0.4, 0.5) is 0 Å². The number of esters is 1. The van der Waals surface area contributed by atoms with Gasteiger partial charge in [-0.3, -0.25) is 4.79 Å². The first-order valence-electron chi connectivity index (χ1n) is 21.5. The van der Waals surface area contributed by atoms with Gasteiger partial charge in [0.25, 0.3) is 0 Å². The van der Waals surface area contributed by atoms with E-state index >= 15 is 0 Å². The Hall–Kier alpha value is -0.790. The average Bonchev–Trinajstić information content (AvgIpc) is 3.06. The minimum absolute atomic E-state index is 0.0313. The Balaban J connectivity index is 3.26. The van der Waals surface area contributed by atoms with Crippen LogP contribution in [0.15, 0.2) is 12.2 Å². The van der Waals surface area contributed by atoms with E-state index in [1.54, 1.807) is 0 Å². The van der Waals surface area contributed by atoms with Crippen molar-refractivity contribution in [2.75, 3.05) is 6.61 Å². The average molecular weight is 647 g/mol. The fraction of sp³-hybridized carbons (Fsp3) is 0.932. The third-order valence-corrected chi connectivity index (χ3v) is 10.0. The molecule has 46 heavy (non-hydrogen) atoms. The van der Waals surface area contributed by atoms with Crippen molar-refractivity contribution in [3.63, 3.8) is 0 Å². The summed E-state index contributed by atoms with van der Waals surface area (Å²) in [7, 11) is 0. The molecule has 2 heteroatoms. The molecule has 0 heterocycles. The fourth-order valence-corrected chi connectivity index (χ4v) is 6.66. The second-order valence-corrected chi connectivity index (χ2v) is 14.9. The van der Waals surface area contributed by atoms with Crippen LogP contribution >= 0.6 is 0 Å². The first-order valence-corrected chi connectivity index (χ1v) is 21.5. The molecule has 0 N–H and O–H groups in total. The number of hydrogen-bond donors (Lipinski definition) is 0. The molecular formula is C44H86O2. The van der Waals surface area contributed by atoms with E-state index < -0.39 is 0 Å². The summed E-state index contributed by atoms with van der Waals surface area (Å²) in [6, 6.07) is 0. The molecule has 0 bridgehead atoms. The molecule has 274 valence electrons. The molecule has 0 radical (unpaired) electrons. The Kier molecular flexibility index (Phi) is 39.7. The van der Waals surface area contributed by atoms with E-state index in [9.17, 15) is 4.79 Å². The SMILES string of the molecule is CCCCCCCCCC/C=C/CCCCCCCCCCCCCCCCC(C)C(=O)OCCCCCCCCCCCCC. The molecule has 0 saturated carbocycles. The highest BCUT2D eigenvalue weighted by Crippen LogP contribution is 2.17. The van der Waals surface area contributed by atoms with Crippen LogP contribution in [0.3, 0.4) is 0 Å². The fourth-order valence-electron chi connectivity index (χ4n) is 6.66. The molecule has 0 aromatic carbocycles. The van der Waals surface area contributed by atoms with Crippen LogP contribution in [0.25, 0.3) is 0 Å². The Morgan fingerprint density at radius 3 is 1.04 bits per heavy atom. The van der Waals surface area contributed by atoms with Crippen molar-refractivity contribution in [1.29, 1.82) is 0 Å². The maximum absolute atomic E-state index is 12.3. The summed E-state index contributed by atoms with van der Waals surface area (Å²) in [6.07, 6.45) is 53.8. The first kappa shape index (κ1) is 45.2. The Labute approximate surface area is 291 Å². The number of allylic oxidation sites excluding steroid dienone is 2. The van der Waals surface area contributed by atoms with Crippen molar-refractivity contribution in [1.82, 2.24) is 0 Å². The van der Waals surface area contributed by atoms with E-state index in [0.29, 0.717) is 6.61 Å². The lowest BCUT2D eigenvalue weighted by Gasteiger charge is -2.11. The molecule has 0 rings (SSSR count). The van der Waals surface area contributed by atoms with Gasteiger partial charge >= 0.3 is 5.97 Å². The summed E-state index contributed by atoms with van der Waals surface area (Å²) in [6.45, 7) is 7.25. The van der Waals surface area contributed by atoms with Crippen molar-refractivity contribution >= 4 is 5.97 Å². The second kappa shape index (κ2) is 40.4. The van der Waals surface area contributed by atoms with Gasteiger partial charge in [0.1, 0.15) is 0 Å². The van der Waals surface area contributed by atoms with Gasteiger partial charge in [-0.05, 0) is 38.5 Å². The zero-order valence-electron chi connectivity index (χ0n) is 32.2. The van der Waals surface area contributed by atoms with Crippen LogP contribution in [0, 0.1) is 5.92 Å². The van der Waals surface area contributed by atoms with Gasteiger partial charge in [-0.2, -0.15) is 0 Å². The highest BCUT2D eigenvalue weighted by atomic mass is 16.5. The molecule has 0 spiro atoms. The van der Waals surface area contributed by atoms with Crippen molar-refractivity contribution in [2.45, 2.75) is 252 Å². The monoisotopic (exact) mass is 647 g/mol. The normalized spacial score (nSPS) is 12.3. The van der Waals surface area contributed by atoms with Gasteiger partial charge < -0.3 is 4.74 Å². The number of carbonyl (C=O) groups excluding carboxylic acids is 1. The third-order valence-electron chi connectivity index (χ3n) is 10.0. The highest BCUT2D eigenvalue weighted by molar-refractivity contribution is 5.71. The lowest BCUT2D eigenvalue weighted by Crippen LogP contribution is -2.15. The Morgan fingerprint density at radius 1 is 0.413 bits per heavy atom. The minimum atomic E-state index is 0.0313. The van der Waals surface area contributed by atoms with Crippen LogP contribution < -0.4 is 0 Å². The predicted molar refractivity (Wildman–Crippen MR) is 207 cm³/mol. The zero-order chi connectivity index (χ0) is 33.4. The molecule has 1 unspecified atom stereocenters. The summed E-state index contributed by atoms with van der Waals surface area (Å²) in [5.74, 6) is 0.0998. The Bertz CT molecular complexity index is 597. The lowest BCUT2D eigenvalue weighted by atomic mass is 10.0. The van der Waals surface area contributed by atoms with Crippen LogP contribution in [0.1, 0.15) is 252 Å². The van der Waals surface area contributed by atoms with Crippen molar-refractivity contribution in [3.05, 3.63) is 12.2 Å². The predicted octanol–water partition coefficient (Wildman–Crippen LogP) is 15.8. The number of carbonyl (C=O) groups is 1. The molecule has 0 amide bonds. The van der Waals surface area contributed by atoms with Gasteiger partial charge in [0.2, 0.25) is 0 Å². The molecule has 0 saturated heterocycles. The molecule has 1 atom stereocenters. The van der Waals surface area contributed by atoms with E-state index in [2.05, 4.69) is 32.9 Å². The summed E-state index contributed by atoms with van der Waals surface area (Å²) in [5.41, 5.74) is 0. The van der Waals surface area contributed by atoms with Gasteiger partial charge in [-0.15, -0.1) is 0 Å². The van der Waals surface area contributed by atoms with E-state index in [0.717, 1.165) is 12.8 Å². The maximum atomic E-state index is 12.3. The smallest absolute Gasteiger partial charge is 0.308 e. The zero-order valence-corrected chi connectivity index (χ0v) is 32.2. The molecule has 0 aliphatic carbocycles. The van der Waals surface area contributed by atoms with E-state index in [1.165, 1.54) is 218 Å². The Morgan fingerprint density at radius 2 is 0.696 bits per heavy atom. The van der Waals surface area contributed by atoms with Gasteiger partial charge in [-0.25, -0.2) is 0 Å². The number of unbranched alkanes of at least 4 members (excludes halogenated alkanes) is 32. The maximum Gasteiger partial charge on any atom is 0.308 e. The van der Waals surface area contributed by atoms with Crippen LogP contribution in [0.2, 0.25) is 0 Å². The minimum Gasteiger partial charge on any atom is -0.465 e. The second-order valence-electron chi connectivity index (χ2n) is 14.9. The van der Waals surface area contributed by atoms with E-state index in [1.807, 2.05) is 0 Å². The van der Waals surface area contributed by atoms with E-state index in [-0.39, 0.29) is 11.9 Å². The molecule has 0 aliphatic heterocycles. The van der Waals surface area contributed by atoms with Crippen LogP contribution in [0.5, 0.6) is 0 Å². The van der Waals surface area contributed by atoms with Crippen LogP contribution in [-0.2, 0) is 9.53 Å². The quantitative estimate of drug-likeness (QED) is 0.0377. The third kappa shape index (κ3) is 37.7. The standard InChI is InChI=1S/C44H86O2/c1-4-6-8-10-12-14-16-17-18-19-20-21-22-23-24-25-26-27-28-29-30-31-33-35-37-39-41-43(3)44(45)46-42-40-38-36-34-32-15-13-11-9-7-5-2/h19-20,43H,4-18,21-42H2,1-3H3/b20-19+. The van der Waals surface area contributed by atoms with Gasteiger partial charge in [0.15, 0.2) is 0 Å². The van der Waals surface area contributed by atoms with Crippen molar-refractivity contribution in [2.24, 2.45) is 5.92 Å². The van der Waals surface area contributed by atoms with Crippen molar-refractivity contribution < 1.29 is 9.53 Å². The van der Waals surface area contributed by atoms with E-state index in [4.69, 9.17) is 4.74 Å². The number of rotatable bonds is 39. The lowest BCUT2D eigenvalue weighted by molar-refractivity contribution is -0.148. The summed E-state index contributed by atoms with van der Waals surface area (Å²) in [4.78, 5) is 12.3. The van der Waals surface area contributed by atoms with Crippen LogP contribution in [-0.4, -0.2) is 12.6 Å². The molecule has 2 nitrogen and oxygen atoms in total. The topological polar surface area (TPSA) is 26.3 Å². The van der Waals surface area contributed by atoms with Gasteiger partial charge in [0, 0.05) is 0 Å². The summed E-state index contributed by atoms with van der Waals surface area (Å²) >= 11 is 0.